The normalized spacial score (nSPS) is 19.1. The van der Waals surface area contributed by atoms with E-state index in [1.54, 1.807) is 0 Å². The molecule has 0 unspecified atom stereocenters. The number of nitrogens with zero attached hydrogens (tertiary/aromatic N) is 2. The molecule has 0 fully saturated rings. The predicted octanol–water partition coefficient (Wildman–Crippen LogP) is 1.49. The van der Waals surface area contributed by atoms with Crippen molar-refractivity contribution in [2.24, 2.45) is 4.58 Å². The standard InChI is InChI=1S/C8H12N2O2S/c1-10-5-2-8(3-6-10,4-7-11)13-9-12/h2-3,5-6,11H,4,7H2,1H3. The molecule has 72 valence electrons. The first-order valence-electron chi connectivity index (χ1n) is 3.95. The fourth-order valence-electron chi connectivity index (χ4n) is 1.11. The van der Waals surface area contributed by atoms with Gasteiger partial charge < -0.3 is 10.0 Å². The molecule has 0 saturated carbocycles. The topological polar surface area (TPSA) is 52.9 Å². The summed E-state index contributed by atoms with van der Waals surface area (Å²) in [5.74, 6) is 0. The first-order chi connectivity index (χ1) is 6.22. The van der Waals surface area contributed by atoms with Crippen molar-refractivity contribution in [3.63, 3.8) is 0 Å². The maximum Gasteiger partial charge on any atom is 0.0827 e. The number of nitroso groups, excluding NO2 is 1. The average Bonchev–Trinajstić information content (AvgIpc) is 2.11. The van der Waals surface area contributed by atoms with Gasteiger partial charge in [-0.15, -0.1) is 4.91 Å². The van der Waals surface area contributed by atoms with Crippen LogP contribution in [-0.4, -0.2) is 28.4 Å². The van der Waals surface area contributed by atoms with Gasteiger partial charge in [-0.2, -0.15) is 0 Å². The van der Waals surface area contributed by atoms with E-state index in [2.05, 4.69) is 4.58 Å². The number of aliphatic hydroxyl groups excluding tert-OH is 1. The third-order valence-corrected chi connectivity index (χ3v) is 2.78. The lowest BCUT2D eigenvalue weighted by atomic mass is 10.0. The Hall–Kier alpha value is -0.810. The monoisotopic (exact) mass is 200 g/mol. The molecular formula is C8H12N2O2S. The van der Waals surface area contributed by atoms with Gasteiger partial charge in [-0.05, 0) is 18.6 Å². The zero-order valence-corrected chi connectivity index (χ0v) is 8.20. The molecule has 0 aromatic rings. The van der Waals surface area contributed by atoms with Crippen LogP contribution < -0.4 is 0 Å². The zero-order valence-electron chi connectivity index (χ0n) is 7.38. The summed E-state index contributed by atoms with van der Waals surface area (Å²) in [6.45, 7) is 0.0426. The highest BCUT2D eigenvalue weighted by molar-refractivity contribution is 7.99. The lowest BCUT2D eigenvalue weighted by Gasteiger charge is -2.26. The minimum Gasteiger partial charge on any atom is -0.396 e. The van der Waals surface area contributed by atoms with Gasteiger partial charge in [-0.1, -0.05) is 0 Å². The molecule has 4 nitrogen and oxygen atoms in total. The van der Waals surface area contributed by atoms with Crippen LogP contribution in [0.4, 0.5) is 0 Å². The summed E-state index contributed by atoms with van der Waals surface area (Å²) < 4.78 is 2.35. The van der Waals surface area contributed by atoms with E-state index in [0.717, 1.165) is 11.9 Å². The lowest BCUT2D eigenvalue weighted by Crippen LogP contribution is -2.24. The second kappa shape index (κ2) is 4.43. The Labute approximate surface area is 81.4 Å². The highest BCUT2D eigenvalue weighted by atomic mass is 32.2. The van der Waals surface area contributed by atoms with Gasteiger partial charge in [0.1, 0.15) is 0 Å². The van der Waals surface area contributed by atoms with E-state index in [4.69, 9.17) is 5.11 Å². The van der Waals surface area contributed by atoms with Gasteiger partial charge in [0.2, 0.25) is 0 Å². The summed E-state index contributed by atoms with van der Waals surface area (Å²) in [6.07, 6.45) is 7.95. The Kier molecular flexibility index (Phi) is 3.50. The van der Waals surface area contributed by atoms with Crippen molar-refractivity contribution >= 4 is 11.9 Å². The molecule has 0 spiro atoms. The van der Waals surface area contributed by atoms with Gasteiger partial charge in [0.05, 0.1) is 4.75 Å². The third-order valence-electron chi connectivity index (χ3n) is 1.89. The van der Waals surface area contributed by atoms with Crippen LogP contribution in [0.25, 0.3) is 0 Å². The summed E-state index contributed by atoms with van der Waals surface area (Å²) in [7, 11) is 1.90. The Balaban J connectivity index is 2.74. The molecule has 1 N–H and O–H groups in total. The van der Waals surface area contributed by atoms with Gasteiger partial charge in [0.15, 0.2) is 0 Å². The predicted molar refractivity (Wildman–Crippen MR) is 53.9 cm³/mol. The number of hydrogen-bond donors (Lipinski definition) is 1. The van der Waals surface area contributed by atoms with Crippen molar-refractivity contribution in [2.45, 2.75) is 11.2 Å². The largest absolute Gasteiger partial charge is 0.396 e. The van der Waals surface area contributed by atoms with Crippen molar-refractivity contribution in [2.75, 3.05) is 13.7 Å². The van der Waals surface area contributed by atoms with Crippen LogP contribution in [0.2, 0.25) is 0 Å². The van der Waals surface area contributed by atoms with Gasteiger partial charge in [0.25, 0.3) is 0 Å². The summed E-state index contributed by atoms with van der Waals surface area (Å²) in [4.78, 5) is 12.1. The van der Waals surface area contributed by atoms with Crippen LogP contribution in [0.3, 0.4) is 0 Å². The van der Waals surface area contributed by atoms with Crippen LogP contribution in [-0.2, 0) is 0 Å². The van der Waals surface area contributed by atoms with Crippen molar-refractivity contribution in [3.05, 3.63) is 29.5 Å². The second-order valence-electron chi connectivity index (χ2n) is 2.89. The molecule has 1 aliphatic heterocycles. The Morgan fingerprint density at radius 3 is 2.62 bits per heavy atom. The molecule has 0 saturated heterocycles. The van der Waals surface area contributed by atoms with E-state index in [0.29, 0.717) is 6.42 Å². The number of rotatable bonds is 4. The molecule has 0 amide bonds. The molecule has 1 aliphatic rings. The Bertz CT molecular complexity index is 226. The first-order valence-corrected chi connectivity index (χ1v) is 4.72. The van der Waals surface area contributed by atoms with Crippen molar-refractivity contribution < 1.29 is 5.11 Å². The SMILES string of the molecule is CN1C=CC(CCO)(SN=O)C=C1. The number of hydrogen-bond acceptors (Lipinski definition) is 5. The minimum absolute atomic E-state index is 0.0426. The molecule has 0 radical (unpaired) electrons. The summed E-state index contributed by atoms with van der Waals surface area (Å²) in [5, 5.41) is 8.84. The molecule has 0 aromatic carbocycles. The van der Waals surface area contributed by atoms with Crippen LogP contribution in [0.5, 0.6) is 0 Å². The molecule has 1 rings (SSSR count). The van der Waals surface area contributed by atoms with Crippen LogP contribution in [0.15, 0.2) is 29.1 Å². The quantitative estimate of drug-likeness (QED) is 0.552. The van der Waals surface area contributed by atoms with Gasteiger partial charge in [-0.25, -0.2) is 0 Å². The fourth-order valence-corrected chi connectivity index (χ4v) is 1.67. The van der Waals surface area contributed by atoms with E-state index in [1.165, 1.54) is 0 Å². The number of aliphatic hydroxyl groups is 1. The maximum absolute atomic E-state index is 10.2. The lowest BCUT2D eigenvalue weighted by molar-refractivity contribution is 0.283. The van der Waals surface area contributed by atoms with Crippen LogP contribution >= 0.6 is 11.9 Å². The van der Waals surface area contributed by atoms with Crippen molar-refractivity contribution in [3.8, 4) is 0 Å². The minimum atomic E-state index is -0.455. The highest BCUT2D eigenvalue weighted by Crippen LogP contribution is 2.34. The van der Waals surface area contributed by atoms with Gasteiger partial charge in [-0.3, -0.25) is 0 Å². The summed E-state index contributed by atoms with van der Waals surface area (Å²) >= 11 is 0.935. The molecule has 5 heteroatoms. The van der Waals surface area contributed by atoms with Crippen molar-refractivity contribution in [1.29, 1.82) is 0 Å². The van der Waals surface area contributed by atoms with Crippen LogP contribution in [0.1, 0.15) is 6.42 Å². The van der Waals surface area contributed by atoms with E-state index in [1.807, 2.05) is 36.5 Å². The summed E-state index contributed by atoms with van der Waals surface area (Å²) in [5.41, 5.74) is 0. The molecule has 0 aliphatic carbocycles. The van der Waals surface area contributed by atoms with Gasteiger partial charge >= 0.3 is 0 Å². The Morgan fingerprint density at radius 1 is 1.54 bits per heavy atom. The van der Waals surface area contributed by atoms with Crippen LogP contribution in [0, 0.1) is 4.91 Å². The third kappa shape index (κ3) is 2.57. The second-order valence-corrected chi connectivity index (χ2v) is 3.98. The molecule has 1 heterocycles. The van der Waals surface area contributed by atoms with Crippen molar-refractivity contribution in [1.82, 2.24) is 4.90 Å². The molecular weight excluding hydrogens is 188 g/mol. The summed E-state index contributed by atoms with van der Waals surface area (Å²) in [6, 6.07) is 0. The molecule has 13 heavy (non-hydrogen) atoms. The van der Waals surface area contributed by atoms with E-state index < -0.39 is 4.75 Å². The van der Waals surface area contributed by atoms with E-state index >= 15 is 0 Å². The Morgan fingerprint density at radius 2 is 2.15 bits per heavy atom. The zero-order chi connectivity index (χ0) is 9.73. The maximum atomic E-state index is 10.2. The van der Waals surface area contributed by atoms with Gasteiger partial charge in [0, 0.05) is 42.6 Å². The first kappa shape index (κ1) is 10.3. The fraction of sp³-hybridized carbons (Fsp3) is 0.500. The smallest absolute Gasteiger partial charge is 0.0827 e. The molecule has 0 aromatic heterocycles. The van der Waals surface area contributed by atoms with E-state index in [9.17, 15) is 4.91 Å². The molecule has 0 bridgehead atoms. The van der Waals surface area contributed by atoms with E-state index in [-0.39, 0.29) is 6.61 Å². The molecule has 0 atom stereocenters. The average molecular weight is 200 g/mol. The highest BCUT2D eigenvalue weighted by Gasteiger charge is 2.27.